The van der Waals surface area contributed by atoms with Crippen molar-refractivity contribution in [3.8, 4) is 28.7 Å². The van der Waals surface area contributed by atoms with Crippen LogP contribution in [0.2, 0.25) is 0 Å². The lowest BCUT2D eigenvalue weighted by atomic mass is 10.1. The quantitative estimate of drug-likeness (QED) is 0.123. The SMILES string of the molecule is Cc1cc(C)cc(OC=O)c1.Cc1ccc(C)c(OC=O)c1.Cc1ccc(OC=O)c(C)c1.Cc1ccc(OC=O)cc1C.Cc1cccc(C)c1OC=O.Cc1ccccc1C. The van der Waals surface area contributed by atoms with Crippen molar-refractivity contribution in [3.63, 3.8) is 0 Å². The standard InChI is InChI=1S/5C9H10O2.C8H10/c1-7-3-8(2)5-9(4-7)11-6-10;1-7-3-4-9(11-6-10)5-8(7)2;1-7-3-4-9(11-6-10)8(2)5-7;1-7-3-4-8(2)9(5-7)11-6-10;1-7-4-3-5-8(2)9(7)11-6-10;1-7-5-3-4-6-8(7)2/h5*3-6H,1-2H3;3-6H,1-2H3. The summed E-state index contributed by atoms with van der Waals surface area (Å²) < 4.78 is 23.6. The third-order valence-electron chi connectivity index (χ3n) is 9.07. The molecule has 0 N–H and O–H groups in total. The summed E-state index contributed by atoms with van der Waals surface area (Å²) in [5.74, 6) is 3.15. The minimum atomic E-state index is 0.435. The number of hydrogen-bond donors (Lipinski definition) is 0. The highest BCUT2D eigenvalue weighted by atomic mass is 16.5. The highest BCUT2D eigenvalue weighted by Crippen LogP contribution is 2.22. The maximum absolute atomic E-state index is 10.1. The highest BCUT2D eigenvalue weighted by Gasteiger charge is 2.01. The van der Waals surface area contributed by atoms with Crippen LogP contribution >= 0.6 is 0 Å². The molecule has 0 spiro atoms. The van der Waals surface area contributed by atoms with Crippen molar-refractivity contribution < 1.29 is 47.7 Å². The Morgan fingerprint density at radius 3 is 1.22 bits per heavy atom. The number of carbonyl (C=O) groups is 5. The van der Waals surface area contributed by atoms with Crippen LogP contribution in [0.4, 0.5) is 0 Å². The van der Waals surface area contributed by atoms with Crippen LogP contribution in [0, 0.1) is 83.1 Å². The summed E-state index contributed by atoms with van der Waals surface area (Å²) in [6, 6.07) is 36.7. The summed E-state index contributed by atoms with van der Waals surface area (Å²) in [6.07, 6.45) is 0. The second-order valence-corrected chi connectivity index (χ2v) is 14.5. The minimum Gasteiger partial charge on any atom is -0.429 e. The second kappa shape index (κ2) is 29.8. The van der Waals surface area contributed by atoms with E-state index in [1.165, 1.54) is 22.3 Å². The molecule has 0 aliphatic carbocycles. The van der Waals surface area contributed by atoms with Gasteiger partial charge in [0.05, 0.1) is 0 Å². The van der Waals surface area contributed by atoms with E-state index in [1.54, 1.807) is 12.1 Å². The second-order valence-electron chi connectivity index (χ2n) is 14.5. The van der Waals surface area contributed by atoms with Gasteiger partial charge in [-0.2, -0.15) is 0 Å². The number of hydrogen-bond acceptors (Lipinski definition) is 10. The predicted molar refractivity (Wildman–Crippen MR) is 249 cm³/mol. The van der Waals surface area contributed by atoms with Gasteiger partial charge in [-0.15, -0.1) is 0 Å². The molecule has 0 heterocycles. The molecule has 0 atom stereocenters. The van der Waals surface area contributed by atoms with Crippen LogP contribution in [-0.2, 0) is 24.0 Å². The maximum Gasteiger partial charge on any atom is 0.298 e. The average Bonchev–Trinajstić information content (AvgIpc) is 3.23. The third-order valence-corrected chi connectivity index (χ3v) is 9.07. The first-order chi connectivity index (χ1) is 30.0. The molecule has 0 amide bonds. The Labute approximate surface area is 372 Å². The molecular weight excluding hydrogens is 797 g/mol. The molecular formula is C53H60O10. The molecule has 6 rings (SSSR count). The number of rotatable bonds is 10. The fourth-order valence-corrected chi connectivity index (χ4v) is 5.46. The Hall–Kier alpha value is -7.33. The van der Waals surface area contributed by atoms with Crippen LogP contribution < -0.4 is 23.7 Å². The van der Waals surface area contributed by atoms with E-state index in [2.05, 4.69) is 47.6 Å². The summed E-state index contributed by atoms with van der Waals surface area (Å²) in [5.41, 5.74) is 13.4. The number of para-hydroxylation sites is 1. The fourth-order valence-electron chi connectivity index (χ4n) is 5.46. The zero-order chi connectivity index (χ0) is 47.3. The first-order valence-electron chi connectivity index (χ1n) is 19.9. The Morgan fingerprint density at radius 1 is 0.286 bits per heavy atom. The molecule has 0 bridgehead atoms. The first kappa shape index (κ1) is 53.7. The van der Waals surface area contributed by atoms with Crippen LogP contribution in [0.5, 0.6) is 28.7 Å². The fraction of sp³-hybridized carbons (Fsp3) is 0.226. The minimum absolute atomic E-state index is 0.435. The van der Waals surface area contributed by atoms with E-state index in [4.69, 9.17) is 14.2 Å². The van der Waals surface area contributed by atoms with Gasteiger partial charge in [-0.05, 0) is 181 Å². The van der Waals surface area contributed by atoms with Gasteiger partial charge in [0, 0.05) is 0 Å². The van der Waals surface area contributed by atoms with Crippen molar-refractivity contribution >= 4 is 32.4 Å². The van der Waals surface area contributed by atoms with Crippen LogP contribution in [-0.4, -0.2) is 32.4 Å². The molecule has 332 valence electrons. The summed E-state index contributed by atoms with van der Waals surface area (Å²) in [5, 5.41) is 0. The van der Waals surface area contributed by atoms with Crippen LogP contribution in [0.3, 0.4) is 0 Å². The topological polar surface area (TPSA) is 132 Å². The Morgan fingerprint density at radius 2 is 0.730 bits per heavy atom. The van der Waals surface area contributed by atoms with Gasteiger partial charge in [0.2, 0.25) is 0 Å². The predicted octanol–water partition coefficient (Wildman–Crippen LogP) is 11.5. The maximum atomic E-state index is 10.1. The summed E-state index contributed by atoms with van der Waals surface area (Å²) in [6.45, 7) is 26.0. The van der Waals surface area contributed by atoms with Crippen molar-refractivity contribution in [1.82, 2.24) is 0 Å². The van der Waals surface area contributed by atoms with Gasteiger partial charge in [0.25, 0.3) is 32.4 Å². The van der Waals surface area contributed by atoms with Gasteiger partial charge >= 0.3 is 0 Å². The largest absolute Gasteiger partial charge is 0.429 e. The third kappa shape index (κ3) is 21.7. The number of ether oxygens (including phenoxy) is 5. The molecule has 0 fully saturated rings. The molecule has 0 aliphatic rings. The molecule has 0 aliphatic heterocycles. The van der Waals surface area contributed by atoms with Crippen LogP contribution in [0.25, 0.3) is 0 Å². The zero-order valence-electron chi connectivity index (χ0n) is 38.4. The summed E-state index contributed by atoms with van der Waals surface area (Å²) in [4.78, 5) is 50.0. The molecule has 0 aromatic heterocycles. The van der Waals surface area contributed by atoms with E-state index >= 15 is 0 Å². The van der Waals surface area contributed by atoms with Crippen LogP contribution in [0.1, 0.15) is 66.8 Å². The van der Waals surface area contributed by atoms with Crippen molar-refractivity contribution in [2.24, 2.45) is 0 Å². The van der Waals surface area contributed by atoms with Crippen molar-refractivity contribution in [2.75, 3.05) is 0 Å². The smallest absolute Gasteiger partial charge is 0.298 e. The van der Waals surface area contributed by atoms with E-state index in [-0.39, 0.29) is 0 Å². The van der Waals surface area contributed by atoms with E-state index < -0.39 is 0 Å². The van der Waals surface area contributed by atoms with Gasteiger partial charge in [0.1, 0.15) is 28.7 Å². The summed E-state index contributed by atoms with van der Waals surface area (Å²) >= 11 is 0. The Bertz CT molecular complexity index is 2300. The Kier molecular flexibility index (Phi) is 25.4. The molecule has 0 saturated heterocycles. The van der Waals surface area contributed by atoms with E-state index in [0.717, 1.165) is 44.5 Å². The van der Waals surface area contributed by atoms with Gasteiger partial charge in [-0.3, -0.25) is 24.0 Å². The van der Waals surface area contributed by atoms with Crippen LogP contribution in [0.15, 0.2) is 115 Å². The molecule has 0 radical (unpaired) electrons. The highest BCUT2D eigenvalue weighted by molar-refractivity contribution is 5.51. The first-order valence-corrected chi connectivity index (χ1v) is 19.9. The molecule has 0 unspecified atom stereocenters. The molecule has 10 nitrogen and oxygen atoms in total. The van der Waals surface area contributed by atoms with Crippen molar-refractivity contribution in [3.05, 3.63) is 182 Å². The molecule has 0 saturated carbocycles. The lowest BCUT2D eigenvalue weighted by Gasteiger charge is -2.04. The lowest BCUT2D eigenvalue weighted by Crippen LogP contribution is -1.93. The van der Waals surface area contributed by atoms with E-state index in [0.29, 0.717) is 61.1 Å². The van der Waals surface area contributed by atoms with Crippen molar-refractivity contribution in [2.45, 2.75) is 83.1 Å². The molecule has 6 aromatic rings. The number of aryl methyl sites for hydroxylation is 12. The van der Waals surface area contributed by atoms with E-state index in [9.17, 15) is 24.0 Å². The zero-order valence-corrected chi connectivity index (χ0v) is 38.4. The molecule has 6 aromatic carbocycles. The van der Waals surface area contributed by atoms with Gasteiger partial charge in [0.15, 0.2) is 0 Å². The molecule has 63 heavy (non-hydrogen) atoms. The normalized spacial score (nSPS) is 9.27. The van der Waals surface area contributed by atoms with Gasteiger partial charge in [-0.1, -0.05) is 84.4 Å². The number of carbonyl (C=O) groups excluding carboxylic acids is 5. The monoisotopic (exact) mass is 856 g/mol. The van der Waals surface area contributed by atoms with E-state index in [1.807, 2.05) is 148 Å². The number of benzene rings is 6. The van der Waals surface area contributed by atoms with Crippen molar-refractivity contribution in [1.29, 1.82) is 0 Å². The lowest BCUT2D eigenvalue weighted by molar-refractivity contribution is -0.121. The van der Waals surface area contributed by atoms with Gasteiger partial charge in [-0.25, -0.2) is 0 Å². The summed E-state index contributed by atoms with van der Waals surface area (Å²) in [7, 11) is 0. The van der Waals surface area contributed by atoms with Gasteiger partial charge < -0.3 is 23.7 Å². The average molecular weight is 857 g/mol. The Balaban J connectivity index is 0.000000379. The molecule has 10 heteroatoms.